The van der Waals surface area contributed by atoms with E-state index in [0.29, 0.717) is 18.1 Å². The van der Waals surface area contributed by atoms with E-state index in [4.69, 9.17) is 5.26 Å². The number of hydrogen-bond donors (Lipinski definition) is 2. The van der Waals surface area contributed by atoms with Crippen molar-refractivity contribution in [1.82, 2.24) is 4.98 Å². The number of nitriles is 1. The van der Waals surface area contributed by atoms with Gasteiger partial charge >= 0.3 is 0 Å². The third-order valence-corrected chi connectivity index (χ3v) is 3.34. The summed E-state index contributed by atoms with van der Waals surface area (Å²) in [5, 5.41) is 21.4. The molecule has 0 unspecified atom stereocenters. The molecule has 1 heterocycles. The van der Waals surface area contributed by atoms with Crippen molar-refractivity contribution in [2.45, 2.75) is 26.7 Å². The fraction of sp³-hybridized carbons (Fsp3) is 0.538. The number of aliphatic hydroxyl groups is 1. The largest absolute Gasteiger partial charge is 0.396 e. The molecule has 2 N–H and O–H groups in total. The zero-order valence-electron chi connectivity index (χ0n) is 10.4. The molecule has 0 amide bonds. The van der Waals surface area contributed by atoms with Crippen LogP contribution in [0.3, 0.4) is 0 Å². The zero-order chi connectivity index (χ0) is 12.7. The van der Waals surface area contributed by atoms with Gasteiger partial charge in [-0.3, -0.25) is 0 Å². The second-order valence-corrected chi connectivity index (χ2v) is 4.24. The lowest BCUT2D eigenvalue weighted by atomic mass is 9.83. The number of rotatable bonds is 6. The van der Waals surface area contributed by atoms with Gasteiger partial charge in [0.25, 0.3) is 0 Å². The first-order valence-corrected chi connectivity index (χ1v) is 5.91. The van der Waals surface area contributed by atoms with E-state index in [2.05, 4.69) is 24.1 Å². The highest BCUT2D eigenvalue weighted by Crippen LogP contribution is 2.25. The van der Waals surface area contributed by atoms with Crippen LogP contribution in [0, 0.1) is 16.7 Å². The first-order chi connectivity index (χ1) is 8.19. The third kappa shape index (κ3) is 3.43. The van der Waals surface area contributed by atoms with Crippen LogP contribution in [0.15, 0.2) is 18.2 Å². The lowest BCUT2D eigenvalue weighted by molar-refractivity contribution is 0.127. The van der Waals surface area contributed by atoms with Crippen molar-refractivity contribution in [3.8, 4) is 6.07 Å². The Morgan fingerprint density at radius 2 is 2.12 bits per heavy atom. The summed E-state index contributed by atoms with van der Waals surface area (Å²) in [6, 6.07) is 7.30. The number of aliphatic hydroxyl groups excluding tert-OH is 1. The van der Waals surface area contributed by atoms with Crippen molar-refractivity contribution >= 4 is 5.82 Å². The molecule has 0 aliphatic heterocycles. The van der Waals surface area contributed by atoms with Crippen LogP contribution in [0.1, 0.15) is 32.4 Å². The van der Waals surface area contributed by atoms with E-state index >= 15 is 0 Å². The first kappa shape index (κ1) is 13.5. The van der Waals surface area contributed by atoms with Crippen molar-refractivity contribution in [2.24, 2.45) is 5.41 Å². The Morgan fingerprint density at radius 3 is 2.65 bits per heavy atom. The average molecular weight is 233 g/mol. The molecule has 1 aromatic heterocycles. The van der Waals surface area contributed by atoms with Gasteiger partial charge < -0.3 is 10.4 Å². The molecule has 1 rings (SSSR count). The number of aromatic nitrogens is 1. The summed E-state index contributed by atoms with van der Waals surface area (Å²) in [7, 11) is 0. The van der Waals surface area contributed by atoms with Gasteiger partial charge in [0.1, 0.15) is 17.6 Å². The highest BCUT2D eigenvalue weighted by atomic mass is 16.3. The van der Waals surface area contributed by atoms with Crippen molar-refractivity contribution in [3.63, 3.8) is 0 Å². The van der Waals surface area contributed by atoms with E-state index in [1.165, 1.54) is 0 Å². The lowest BCUT2D eigenvalue weighted by Crippen LogP contribution is -2.32. The van der Waals surface area contributed by atoms with E-state index in [9.17, 15) is 5.11 Å². The second-order valence-electron chi connectivity index (χ2n) is 4.24. The van der Waals surface area contributed by atoms with E-state index in [0.717, 1.165) is 12.8 Å². The molecule has 0 radical (unpaired) electrons. The Hall–Kier alpha value is -1.60. The molecule has 17 heavy (non-hydrogen) atoms. The second kappa shape index (κ2) is 6.21. The minimum Gasteiger partial charge on any atom is -0.396 e. The van der Waals surface area contributed by atoms with Gasteiger partial charge in [-0.05, 0) is 25.0 Å². The first-order valence-electron chi connectivity index (χ1n) is 5.91. The molecule has 0 aliphatic rings. The highest BCUT2D eigenvalue weighted by Gasteiger charge is 2.24. The van der Waals surface area contributed by atoms with Gasteiger partial charge in [-0.25, -0.2) is 4.98 Å². The SMILES string of the molecule is CCC(CC)(CO)CNc1cccc(C#N)n1. The summed E-state index contributed by atoms with van der Waals surface area (Å²) in [5.74, 6) is 0.684. The van der Waals surface area contributed by atoms with Crippen LogP contribution in [0.5, 0.6) is 0 Å². The van der Waals surface area contributed by atoms with Crippen LogP contribution in [-0.2, 0) is 0 Å². The van der Waals surface area contributed by atoms with Crippen LogP contribution in [0.25, 0.3) is 0 Å². The highest BCUT2D eigenvalue weighted by molar-refractivity contribution is 5.38. The van der Waals surface area contributed by atoms with Gasteiger partial charge in [-0.15, -0.1) is 0 Å². The third-order valence-electron chi connectivity index (χ3n) is 3.34. The summed E-state index contributed by atoms with van der Waals surface area (Å²) in [6.07, 6.45) is 1.82. The topological polar surface area (TPSA) is 68.9 Å². The van der Waals surface area contributed by atoms with Gasteiger partial charge in [-0.1, -0.05) is 19.9 Å². The Kier molecular flexibility index (Phi) is 4.92. The molecule has 0 bridgehead atoms. The summed E-state index contributed by atoms with van der Waals surface area (Å²) < 4.78 is 0. The van der Waals surface area contributed by atoms with E-state index in [-0.39, 0.29) is 12.0 Å². The van der Waals surface area contributed by atoms with Crippen molar-refractivity contribution < 1.29 is 5.11 Å². The minimum absolute atomic E-state index is 0.107. The average Bonchev–Trinajstić information content (AvgIpc) is 2.41. The standard InChI is InChI=1S/C13H19N3O/c1-3-13(4-2,10-17)9-15-12-7-5-6-11(8-14)16-12/h5-7,17H,3-4,9-10H2,1-2H3,(H,15,16). The Morgan fingerprint density at radius 1 is 1.41 bits per heavy atom. The normalized spacial score (nSPS) is 10.9. The van der Waals surface area contributed by atoms with E-state index in [1.54, 1.807) is 12.1 Å². The zero-order valence-corrected chi connectivity index (χ0v) is 10.4. The molecule has 4 heteroatoms. The van der Waals surface area contributed by atoms with Gasteiger partial charge in [0, 0.05) is 12.0 Å². The van der Waals surface area contributed by atoms with Crippen LogP contribution in [-0.4, -0.2) is 23.2 Å². The molecule has 1 aromatic rings. The monoisotopic (exact) mass is 233 g/mol. The van der Waals surface area contributed by atoms with Gasteiger partial charge in [-0.2, -0.15) is 5.26 Å². The molecular formula is C13H19N3O. The molecule has 4 nitrogen and oxygen atoms in total. The van der Waals surface area contributed by atoms with Gasteiger partial charge in [0.15, 0.2) is 0 Å². The summed E-state index contributed by atoms with van der Waals surface area (Å²) >= 11 is 0. The molecule has 92 valence electrons. The number of hydrogen-bond acceptors (Lipinski definition) is 4. The van der Waals surface area contributed by atoms with Gasteiger partial charge in [0.05, 0.1) is 6.61 Å². The molecule has 0 aromatic carbocycles. The molecular weight excluding hydrogens is 214 g/mol. The van der Waals surface area contributed by atoms with Crippen molar-refractivity contribution in [1.29, 1.82) is 5.26 Å². The number of anilines is 1. The lowest BCUT2D eigenvalue weighted by Gasteiger charge is -2.29. The maximum Gasteiger partial charge on any atom is 0.142 e. The van der Waals surface area contributed by atoms with Crippen molar-refractivity contribution in [2.75, 3.05) is 18.5 Å². The smallest absolute Gasteiger partial charge is 0.142 e. The maximum atomic E-state index is 9.44. The number of pyridine rings is 1. The van der Waals surface area contributed by atoms with Crippen LogP contribution < -0.4 is 5.32 Å². The summed E-state index contributed by atoms with van der Waals surface area (Å²) in [6.45, 7) is 4.96. The van der Waals surface area contributed by atoms with Crippen LogP contribution >= 0.6 is 0 Å². The van der Waals surface area contributed by atoms with Crippen LogP contribution in [0.4, 0.5) is 5.82 Å². The molecule has 0 saturated heterocycles. The van der Waals surface area contributed by atoms with E-state index in [1.807, 2.05) is 12.1 Å². The predicted molar refractivity (Wildman–Crippen MR) is 67.5 cm³/mol. The Labute approximate surface area is 102 Å². The molecule has 0 saturated carbocycles. The fourth-order valence-electron chi connectivity index (χ4n) is 1.65. The number of nitrogens with zero attached hydrogens (tertiary/aromatic N) is 2. The molecule has 0 aliphatic carbocycles. The number of nitrogens with one attached hydrogen (secondary N) is 1. The van der Waals surface area contributed by atoms with Crippen molar-refractivity contribution in [3.05, 3.63) is 23.9 Å². The quantitative estimate of drug-likeness (QED) is 0.790. The molecule has 0 atom stereocenters. The molecule has 0 fully saturated rings. The summed E-state index contributed by atoms with van der Waals surface area (Å²) in [5.41, 5.74) is 0.294. The maximum absolute atomic E-state index is 9.44. The fourth-order valence-corrected chi connectivity index (χ4v) is 1.65. The van der Waals surface area contributed by atoms with Gasteiger partial charge in [0.2, 0.25) is 0 Å². The Bertz CT molecular complexity index is 386. The minimum atomic E-state index is -0.107. The predicted octanol–water partition coefficient (Wildman–Crippen LogP) is 2.16. The Balaban J connectivity index is 2.69. The van der Waals surface area contributed by atoms with Crippen LogP contribution in [0.2, 0.25) is 0 Å². The van der Waals surface area contributed by atoms with E-state index < -0.39 is 0 Å². The summed E-state index contributed by atoms with van der Waals surface area (Å²) in [4.78, 5) is 4.14. The molecule has 0 spiro atoms.